The quantitative estimate of drug-likeness (QED) is 0.899. The van der Waals surface area contributed by atoms with Crippen molar-refractivity contribution in [3.05, 3.63) is 52.3 Å². The zero-order valence-corrected chi connectivity index (χ0v) is 11.1. The van der Waals surface area contributed by atoms with Crippen molar-refractivity contribution in [3.63, 3.8) is 0 Å². The molecule has 0 radical (unpaired) electrons. The Morgan fingerprint density at radius 2 is 2.06 bits per heavy atom. The minimum Gasteiger partial charge on any atom is -0.377 e. The first-order valence-corrected chi connectivity index (χ1v) is 6.05. The van der Waals surface area contributed by atoms with E-state index in [0.717, 1.165) is 10.0 Å². The number of hydrogen-bond acceptors (Lipinski definition) is 3. The smallest absolute Gasteiger partial charge is 0.144 e. The van der Waals surface area contributed by atoms with E-state index < -0.39 is 5.60 Å². The van der Waals surface area contributed by atoms with Crippen LogP contribution in [0.25, 0.3) is 0 Å². The average Bonchev–Trinajstić information content (AvgIpc) is 2.70. The summed E-state index contributed by atoms with van der Waals surface area (Å²) in [5, 5.41) is 14.9. The lowest BCUT2D eigenvalue weighted by molar-refractivity contribution is 0.0804. The van der Waals surface area contributed by atoms with Crippen molar-refractivity contribution < 1.29 is 5.11 Å². The number of nitrogens with zero attached hydrogens (tertiary/aromatic N) is 2. The summed E-state index contributed by atoms with van der Waals surface area (Å²) >= 11 is 3.39. The fraction of sp³-hybridized carbons (Fsp3) is 0.250. The molecule has 1 aromatic heterocycles. The normalized spacial score (nSPS) is 14.6. The number of aryl methyl sites for hydroxylation is 1. The van der Waals surface area contributed by atoms with Gasteiger partial charge in [0.25, 0.3) is 0 Å². The summed E-state index contributed by atoms with van der Waals surface area (Å²) in [6, 6.07) is 9.36. The number of benzene rings is 1. The van der Waals surface area contributed by atoms with Gasteiger partial charge in [0.05, 0.1) is 16.4 Å². The van der Waals surface area contributed by atoms with E-state index in [1.165, 1.54) is 0 Å². The number of rotatable bonds is 3. The van der Waals surface area contributed by atoms with Crippen LogP contribution < -0.4 is 5.73 Å². The lowest BCUT2D eigenvalue weighted by Gasteiger charge is -2.27. The molecule has 1 unspecified atom stereocenters. The average molecular weight is 296 g/mol. The Hall–Kier alpha value is -1.17. The standard InChI is InChI=1S/C12H14BrN3O/c1-16-11(10(13)7-15-16)12(17,8-14)9-5-3-2-4-6-9/h2-7,17H,8,14H2,1H3. The van der Waals surface area contributed by atoms with Gasteiger partial charge in [0.2, 0.25) is 0 Å². The molecule has 4 nitrogen and oxygen atoms in total. The van der Waals surface area contributed by atoms with Crippen LogP contribution in [-0.4, -0.2) is 21.4 Å². The molecule has 1 atom stereocenters. The van der Waals surface area contributed by atoms with Gasteiger partial charge in [0.15, 0.2) is 0 Å². The largest absolute Gasteiger partial charge is 0.377 e. The Labute approximate surface area is 108 Å². The molecule has 0 amide bonds. The second kappa shape index (κ2) is 4.60. The van der Waals surface area contributed by atoms with Crippen LogP contribution in [0.2, 0.25) is 0 Å². The Morgan fingerprint density at radius 1 is 1.41 bits per heavy atom. The third kappa shape index (κ3) is 2.01. The van der Waals surface area contributed by atoms with E-state index in [1.54, 1.807) is 17.9 Å². The van der Waals surface area contributed by atoms with Crippen molar-refractivity contribution in [2.24, 2.45) is 12.8 Å². The highest BCUT2D eigenvalue weighted by Gasteiger charge is 2.34. The molecule has 0 fully saturated rings. The lowest BCUT2D eigenvalue weighted by atomic mass is 9.90. The highest BCUT2D eigenvalue weighted by molar-refractivity contribution is 9.10. The van der Waals surface area contributed by atoms with E-state index >= 15 is 0 Å². The summed E-state index contributed by atoms with van der Waals surface area (Å²) in [6.07, 6.45) is 1.65. The van der Waals surface area contributed by atoms with Crippen molar-refractivity contribution in [3.8, 4) is 0 Å². The molecule has 2 aromatic rings. The molecule has 0 bridgehead atoms. The van der Waals surface area contributed by atoms with Gasteiger partial charge in [-0.25, -0.2) is 0 Å². The molecule has 0 saturated heterocycles. The third-order valence-corrected chi connectivity index (χ3v) is 3.41. The Kier molecular flexibility index (Phi) is 3.33. The molecule has 17 heavy (non-hydrogen) atoms. The van der Waals surface area contributed by atoms with E-state index in [1.807, 2.05) is 30.3 Å². The van der Waals surface area contributed by atoms with E-state index in [-0.39, 0.29) is 6.54 Å². The summed E-state index contributed by atoms with van der Waals surface area (Å²) < 4.78 is 2.38. The van der Waals surface area contributed by atoms with Crippen molar-refractivity contribution in [2.45, 2.75) is 5.60 Å². The molecule has 0 aliphatic carbocycles. The van der Waals surface area contributed by atoms with Crippen LogP contribution >= 0.6 is 15.9 Å². The van der Waals surface area contributed by atoms with Crippen LogP contribution in [0.15, 0.2) is 41.0 Å². The second-order valence-electron chi connectivity index (χ2n) is 3.90. The summed E-state index contributed by atoms with van der Waals surface area (Å²) in [7, 11) is 1.78. The molecule has 3 N–H and O–H groups in total. The van der Waals surface area contributed by atoms with Crippen LogP contribution in [0.1, 0.15) is 11.3 Å². The minimum atomic E-state index is -1.23. The molecule has 1 aromatic carbocycles. The van der Waals surface area contributed by atoms with Crippen molar-refractivity contribution >= 4 is 15.9 Å². The summed E-state index contributed by atoms with van der Waals surface area (Å²) in [4.78, 5) is 0. The molecule has 90 valence electrons. The molecular formula is C12H14BrN3O. The molecule has 5 heteroatoms. The van der Waals surface area contributed by atoms with Gasteiger partial charge < -0.3 is 10.8 Å². The highest BCUT2D eigenvalue weighted by atomic mass is 79.9. The first kappa shape index (κ1) is 12.3. The SMILES string of the molecule is Cn1ncc(Br)c1C(O)(CN)c1ccccc1. The van der Waals surface area contributed by atoms with Gasteiger partial charge in [0.1, 0.15) is 5.60 Å². The topological polar surface area (TPSA) is 64.1 Å². The number of aliphatic hydroxyl groups is 1. The predicted octanol–water partition coefficient (Wildman–Crippen LogP) is 1.38. The maximum Gasteiger partial charge on any atom is 0.144 e. The third-order valence-electron chi connectivity index (χ3n) is 2.83. The van der Waals surface area contributed by atoms with Gasteiger partial charge in [0, 0.05) is 13.6 Å². The number of aromatic nitrogens is 2. The summed E-state index contributed by atoms with van der Waals surface area (Å²) in [5.74, 6) is 0. The number of nitrogens with two attached hydrogens (primary N) is 1. The van der Waals surface area contributed by atoms with E-state index in [9.17, 15) is 5.11 Å². The number of halogens is 1. The van der Waals surface area contributed by atoms with Gasteiger partial charge in [-0.2, -0.15) is 5.10 Å². The van der Waals surface area contributed by atoms with E-state index in [4.69, 9.17) is 5.73 Å². The van der Waals surface area contributed by atoms with Crippen LogP contribution in [-0.2, 0) is 12.6 Å². The van der Waals surface area contributed by atoms with E-state index in [0.29, 0.717) is 5.69 Å². The Balaban J connectivity index is 2.60. The maximum atomic E-state index is 10.8. The minimum absolute atomic E-state index is 0.0924. The van der Waals surface area contributed by atoms with Gasteiger partial charge >= 0.3 is 0 Å². The molecule has 0 saturated carbocycles. The molecule has 1 heterocycles. The first-order chi connectivity index (χ1) is 8.09. The predicted molar refractivity (Wildman–Crippen MR) is 69.4 cm³/mol. The van der Waals surface area contributed by atoms with Gasteiger partial charge in [-0.05, 0) is 21.5 Å². The Morgan fingerprint density at radius 3 is 2.53 bits per heavy atom. The van der Waals surface area contributed by atoms with Crippen LogP contribution in [0, 0.1) is 0 Å². The monoisotopic (exact) mass is 295 g/mol. The maximum absolute atomic E-state index is 10.8. The van der Waals surface area contributed by atoms with Gasteiger partial charge in [-0.3, -0.25) is 4.68 Å². The zero-order valence-electron chi connectivity index (χ0n) is 9.47. The van der Waals surface area contributed by atoms with E-state index in [2.05, 4.69) is 21.0 Å². The summed E-state index contributed by atoms with van der Waals surface area (Å²) in [6.45, 7) is 0.0924. The number of hydrogen-bond donors (Lipinski definition) is 2. The zero-order chi connectivity index (χ0) is 12.5. The molecule has 2 rings (SSSR count). The van der Waals surface area contributed by atoms with Crippen LogP contribution in [0.5, 0.6) is 0 Å². The molecule has 0 aliphatic heterocycles. The van der Waals surface area contributed by atoms with Crippen molar-refractivity contribution in [1.29, 1.82) is 0 Å². The molecule has 0 aliphatic rings. The first-order valence-electron chi connectivity index (χ1n) is 5.25. The molecular weight excluding hydrogens is 282 g/mol. The second-order valence-corrected chi connectivity index (χ2v) is 4.75. The lowest BCUT2D eigenvalue weighted by Crippen LogP contribution is -2.38. The fourth-order valence-corrected chi connectivity index (χ4v) is 2.62. The highest BCUT2D eigenvalue weighted by Crippen LogP contribution is 2.33. The summed E-state index contributed by atoms with van der Waals surface area (Å²) in [5.41, 5.74) is 5.94. The molecule has 0 spiro atoms. The van der Waals surface area contributed by atoms with Gasteiger partial charge in [-0.15, -0.1) is 0 Å². The van der Waals surface area contributed by atoms with Crippen molar-refractivity contribution in [1.82, 2.24) is 9.78 Å². The van der Waals surface area contributed by atoms with Crippen molar-refractivity contribution in [2.75, 3.05) is 6.54 Å². The Bertz CT molecular complexity index is 492. The van der Waals surface area contributed by atoms with Crippen LogP contribution in [0.4, 0.5) is 0 Å². The van der Waals surface area contributed by atoms with Gasteiger partial charge in [-0.1, -0.05) is 30.3 Å². The van der Waals surface area contributed by atoms with Crippen LogP contribution in [0.3, 0.4) is 0 Å². The fourth-order valence-electron chi connectivity index (χ4n) is 1.94.